The number of ether oxygens (including phenoxy) is 3. The molecule has 8 heteroatoms. The summed E-state index contributed by atoms with van der Waals surface area (Å²) in [4.78, 5) is 0. The fourth-order valence-electron chi connectivity index (χ4n) is 3.22. The van der Waals surface area contributed by atoms with Crippen molar-refractivity contribution < 1.29 is 36.2 Å². The van der Waals surface area contributed by atoms with E-state index in [9.17, 15) is 22.0 Å². The Bertz CT molecular complexity index is 869. The second-order valence-electron chi connectivity index (χ2n) is 6.94. The van der Waals surface area contributed by atoms with Gasteiger partial charge in [-0.05, 0) is 30.2 Å². The molecule has 0 spiro atoms. The molecular formula is C22H21F5O3. The van der Waals surface area contributed by atoms with E-state index < -0.39 is 35.9 Å². The minimum absolute atomic E-state index is 0.0362. The second-order valence-corrected chi connectivity index (χ2v) is 6.94. The Morgan fingerprint density at radius 2 is 1.70 bits per heavy atom. The molecule has 162 valence electrons. The van der Waals surface area contributed by atoms with Crippen LogP contribution in [0.4, 0.5) is 22.0 Å². The summed E-state index contributed by atoms with van der Waals surface area (Å²) in [5.41, 5.74) is 0.364. The average Bonchev–Trinajstić information content (AvgIpc) is 2.70. The summed E-state index contributed by atoms with van der Waals surface area (Å²) < 4.78 is 83.1. The molecule has 1 aliphatic rings. The van der Waals surface area contributed by atoms with Crippen LogP contribution in [0.3, 0.4) is 0 Å². The molecular weight excluding hydrogens is 407 g/mol. The first-order valence-electron chi connectivity index (χ1n) is 9.52. The number of benzene rings is 2. The second kappa shape index (κ2) is 10.0. The number of alkyl halides is 2. The van der Waals surface area contributed by atoms with E-state index in [0.717, 1.165) is 25.0 Å². The van der Waals surface area contributed by atoms with E-state index in [0.29, 0.717) is 37.0 Å². The topological polar surface area (TPSA) is 27.7 Å². The Labute approximate surface area is 171 Å². The molecule has 3 nitrogen and oxygen atoms in total. The third kappa shape index (κ3) is 5.37. The molecule has 1 heterocycles. The molecule has 1 saturated heterocycles. The van der Waals surface area contributed by atoms with Gasteiger partial charge in [-0.3, -0.25) is 0 Å². The van der Waals surface area contributed by atoms with Crippen molar-refractivity contribution in [2.24, 2.45) is 5.92 Å². The zero-order chi connectivity index (χ0) is 21.7. The summed E-state index contributed by atoms with van der Waals surface area (Å²) in [5, 5.41) is 0. The van der Waals surface area contributed by atoms with Crippen LogP contribution in [-0.2, 0) is 9.47 Å². The van der Waals surface area contributed by atoms with Crippen LogP contribution in [0.25, 0.3) is 11.1 Å². The molecule has 0 aromatic heterocycles. The van der Waals surface area contributed by atoms with Gasteiger partial charge in [0.2, 0.25) is 0 Å². The van der Waals surface area contributed by atoms with Gasteiger partial charge in [0.25, 0.3) is 6.43 Å². The highest BCUT2D eigenvalue weighted by atomic mass is 19.3. The molecule has 0 unspecified atom stereocenters. The number of allylic oxidation sites excluding steroid dienone is 1. The molecule has 1 aliphatic heterocycles. The van der Waals surface area contributed by atoms with Gasteiger partial charge in [0.05, 0.1) is 19.5 Å². The largest absolute Gasteiger partial charge is 0.459 e. The summed E-state index contributed by atoms with van der Waals surface area (Å²) in [7, 11) is 0. The Hall–Kier alpha value is -2.45. The summed E-state index contributed by atoms with van der Waals surface area (Å²) in [6.45, 7) is 3.10. The molecule has 0 bridgehead atoms. The van der Waals surface area contributed by atoms with Crippen molar-refractivity contribution in [1.29, 1.82) is 0 Å². The van der Waals surface area contributed by atoms with E-state index in [-0.39, 0.29) is 11.1 Å². The van der Waals surface area contributed by atoms with Crippen LogP contribution in [0, 0.1) is 23.4 Å². The van der Waals surface area contributed by atoms with Gasteiger partial charge in [-0.2, -0.15) is 0 Å². The lowest BCUT2D eigenvalue weighted by Gasteiger charge is -2.29. The van der Waals surface area contributed by atoms with Gasteiger partial charge in [-0.1, -0.05) is 25.5 Å². The highest BCUT2D eigenvalue weighted by molar-refractivity contribution is 5.66. The maximum absolute atomic E-state index is 14.7. The number of hydrogen-bond donors (Lipinski definition) is 0. The van der Waals surface area contributed by atoms with E-state index in [1.54, 1.807) is 6.07 Å². The number of hydrogen-bond acceptors (Lipinski definition) is 3. The standard InChI is InChI=1S/C22H21F5O3/c1-2-3-13-11-29-22(30-12-13)14-4-5-16(17(23)8-14)15-9-18(24)21(19(25)10-15)28-7-6-20(26)27/h4-10,13,20,22H,2-3,11-12H2,1H3. The SMILES string of the molecule is CCCC1COC(c2ccc(-c3cc(F)c(OC=CC(F)F)c(F)c3)c(F)c2)OC1. The Balaban J connectivity index is 1.77. The molecule has 2 aromatic carbocycles. The molecule has 0 radical (unpaired) electrons. The zero-order valence-corrected chi connectivity index (χ0v) is 16.2. The van der Waals surface area contributed by atoms with Crippen LogP contribution >= 0.6 is 0 Å². The summed E-state index contributed by atoms with van der Waals surface area (Å²) in [6, 6.07) is 5.88. The Morgan fingerprint density at radius 1 is 1.03 bits per heavy atom. The molecule has 0 aliphatic carbocycles. The van der Waals surface area contributed by atoms with Crippen molar-refractivity contribution in [1.82, 2.24) is 0 Å². The van der Waals surface area contributed by atoms with E-state index >= 15 is 0 Å². The van der Waals surface area contributed by atoms with Crippen molar-refractivity contribution in [3.63, 3.8) is 0 Å². The molecule has 0 N–H and O–H groups in total. The molecule has 0 atom stereocenters. The molecule has 3 rings (SSSR count). The minimum atomic E-state index is -2.82. The van der Waals surface area contributed by atoms with Crippen molar-refractivity contribution in [3.8, 4) is 16.9 Å². The molecule has 0 amide bonds. The fourth-order valence-corrected chi connectivity index (χ4v) is 3.22. The van der Waals surface area contributed by atoms with Gasteiger partial charge >= 0.3 is 0 Å². The monoisotopic (exact) mass is 428 g/mol. The van der Waals surface area contributed by atoms with Crippen LogP contribution < -0.4 is 4.74 Å². The van der Waals surface area contributed by atoms with Crippen molar-refractivity contribution in [2.75, 3.05) is 13.2 Å². The average molecular weight is 428 g/mol. The maximum atomic E-state index is 14.7. The van der Waals surface area contributed by atoms with Gasteiger partial charge in [0, 0.05) is 23.1 Å². The first-order valence-corrected chi connectivity index (χ1v) is 9.52. The fraction of sp³-hybridized carbons (Fsp3) is 0.364. The van der Waals surface area contributed by atoms with Gasteiger partial charge in [-0.25, -0.2) is 22.0 Å². The van der Waals surface area contributed by atoms with Crippen LogP contribution in [-0.4, -0.2) is 19.6 Å². The quantitative estimate of drug-likeness (QED) is 0.378. The Morgan fingerprint density at radius 3 is 2.27 bits per heavy atom. The van der Waals surface area contributed by atoms with Gasteiger partial charge in [-0.15, -0.1) is 0 Å². The van der Waals surface area contributed by atoms with Crippen LogP contribution in [0.15, 0.2) is 42.7 Å². The van der Waals surface area contributed by atoms with Crippen molar-refractivity contribution >= 4 is 0 Å². The Kier molecular flexibility index (Phi) is 7.44. The number of rotatable bonds is 7. The predicted molar refractivity (Wildman–Crippen MR) is 101 cm³/mol. The summed E-state index contributed by atoms with van der Waals surface area (Å²) >= 11 is 0. The lowest BCUT2D eigenvalue weighted by atomic mass is 10.0. The van der Waals surface area contributed by atoms with Gasteiger partial charge in [0.15, 0.2) is 23.7 Å². The van der Waals surface area contributed by atoms with E-state index in [2.05, 4.69) is 11.7 Å². The normalized spacial score (nSPS) is 19.6. The first-order chi connectivity index (χ1) is 14.4. The predicted octanol–water partition coefficient (Wildman–Crippen LogP) is 6.39. The molecule has 1 fully saturated rings. The smallest absolute Gasteiger partial charge is 0.260 e. The van der Waals surface area contributed by atoms with Crippen LogP contribution in [0.2, 0.25) is 0 Å². The highest BCUT2D eigenvalue weighted by Gasteiger charge is 2.24. The van der Waals surface area contributed by atoms with Crippen LogP contribution in [0.1, 0.15) is 31.6 Å². The molecule has 30 heavy (non-hydrogen) atoms. The molecule has 2 aromatic rings. The highest BCUT2D eigenvalue weighted by Crippen LogP contribution is 2.33. The first kappa shape index (κ1) is 22.2. The van der Waals surface area contributed by atoms with Gasteiger partial charge < -0.3 is 14.2 Å². The molecule has 0 saturated carbocycles. The van der Waals surface area contributed by atoms with Crippen molar-refractivity contribution in [2.45, 2.75) is 32.5 Å². The third-order valence-corrected chi connectivity index (χ3v) is 4.65. The number of halogens is 5. The lowest BCUT2D eigenvalue weighted by Crippen LogP contribution is -2.27. The zero-order valence-electron chi connectivity index (χ0n) is 16.2. The lowest BCUT2D eigenvalue weighted by molar-refractivity contribution is -0.206. The minimum Gasteiger partial charge on any atom is -0.459 e. The van der Waals surface area contributed by atoms with E-state index in [4.69, 9.17) is 9.47 Å². The maximum Gasteiger partial charge on any atom is 0.260 e. The summed E-state index contributed by atoms with van der Waals surface area (Å²) in [5.74, 6) is -3.54. The van der Waals surface area contributed by atoms with Gasteiger partial charge in [0.1, 0.15) is 5.82 Å². The van der Waals surface area contributed by atoms with Crippen molar-refractivity contribution in [3.05, 3.63) is 65.7 Å². The van der Waals surface area contributed by atoms with E-state index in [1.807, 2.05) is 0 Å². The van der Waals surface area contributed by atoms with E-state index in [1.165, 1.54) is 12.1 Å². The summed E-state index contributed by atoms with van der Waals surface area (Å²) in [6.07, 6.45) is -0.689. The van der Waals surface area contributed by atoms with Crippen LogP contribution in [0.5, 0.6) is 5.75 Å². The third-order valence-electron chi connectivity index (χ3n) is 4.65.